The summed E-state index contributed by atoms with van der Waals surface area (Å²) < 4.78 is 48.1. The summed E-state index contributed by atoms with van der Waals surface area (Å²) in [4.78, 5) is 48.7. The van der Waals surface area contributed by atoms with Gasteiger partial charge in [-0.25, -0.2) is 4.79 Å². The summed E-state index contributed by atoms with van der Waals surface area (Å²) in [6, 6.07) is 3.16. The van der Waals surface area contributed by atoms with Gasteiger partial charge >= 0.3 is 12.3 Å². The summed E-state index contributed by atoms with van der Waals surface area (Å²) >= 11 is 0. The lowest BCUT2D eigenvalue weighted by atomic mass is 10.1. The monoisotopic (exact) mass is 657 g/mol. The number of allylic oxidation sites excluding steroid dienone is 2. The number of piperazine rings is 1. The number of nitrogens with one attached hydrogen (secondary N) is 1. The van der Waals surface area contributed by atoms with Crippen molar-refractivity contribution in [1.82, 2.24) is 24.1 Å². The minimum absolute atomic E-state index is 0.211. The molecule has 1 aromatic carbocycles. The lowest BCUT2D eigenvalue weighted by molar-refractivity contribution is -0.137. The molecular formula is C33H42F3N7O4. The SMILES string of the molecule is CCc1c(N2CCN(C(=O)OC(C)(C)C)CC2)c(=O)n2nc(C3=CCCCCC3)nc2n1CC(=O)Nc1ccc(C(F)(F)F)cc1C. The van der Waals surface area contributed by atoms with E-state index < -0.39 is 29.3 Å². The molecule has 0 atom stereocenters. The molecule has 3 heterocycles. The average molecular weight is 658 g/mol. The number of hydrogen-bond acceptors (Lipinski definition) is 7. The van der Waals surface area contributed by atoms with E-state index in [2.05, 4.69) is 16.5 Å². The molecule has 0 bridgehead atoms. The minimum atomic E-state index is -4.50. The summed E-state index contributed by atoms with van der Waals surface area (Å²) in [5.74, 6) is 0.153. The Morgan fingerprint density at radius 2 is 1.77 bits per heavy atom. The number of hydrogen-bond donors (Lipinski definition) is 1. The predicted molar refractivity (Wildman–Crippen MR) is 173 cm³/mol. The summed E-state index contributed by atoms with van der Waals surface area (Å²) in [5.41, 5.74) is 0.598. The van der Waals surface area contributed by atoms with Crippen LogP contribution in [0.1, 0.15) is 82.4 Å². The molecule has 2 aromatic heterocycles. The van der Waals surface area contributed by atoms with Gasteiger partial charge in [0.15, 0.2) is 5.82 Å². The summed E-state index contributed by atoms with van der Waals surface area (Å²) in [7, 11) is 0. The Labute approximate surface area is 271 Å². The normalized spacial score (nSPS) is 16.2. The van der Waals surface area contributed by atoms with Crippen LogP contribution in [-0.2, 0) is 28.7 Å². The van der Waals surface area contributed by atoms with Crippen molar-refractivity contribution < 1.29 is 27.5 Å². The summed E-state index contributed by atoms with van der Waals surface area (Å²) in [5, 5.41) is 7.38. The molecule has 2 aliphatic rings. The molecule has 1 aliphatic carbocycles. The first-order valence-electron chi connectivity index (χ1n) is 16.1. The highest BCUT2D eigenvalue weighted by Gasteiger charge is 2.32. The van der Waals surface area contributed by atoms with Crippen LogP contribution in [0, 0.1) is 6.92 Å². The third-order valence-electron chi connectivity index (χ3n) is 8.37. The van der Waals surface area contributed by atoms with Crippen LogP contribution >= 0.6 is 0 Å². The Kier molecular flexibility index (Phi) is 9.69. The van der Waals surface area contributed by atoms with Gasteiger partial charge in [-0.2, -0.15) is 22.7 Å². The third kappa shape index (κ3) is 7.62. The number of amides is 2. The highest BCUT2D eigenvalue weighted by Crippen LogP contribution is 2.32. The van der Waals surface area contributed by atoms with Gasteiger partial charge in [0.05, 0.1) is 11.3 Å². The van der Waals surface area contributed by atoms with Crippen molar-refractivity contribution in [3.8, 4) is 0 Å². The molecule has 14 heteroatoms. The van der Waals surface area contributed by atoms with Gasteiger partial charge in [-0.3, -0.25) is 9.59 Å². The maximum Gasteiger partial charge on any atom is 0.416 e. The number of carbonyl (C=O) groups excluding carboxylic acids is 2. The molecule has 1 N–H and O–H groups in total. The van der Waals surface area contributed by atoms with Crippen molar-refractivity contribution in [3.63, 3.8) is 0 Å². The molecule has 1 aliphatic heterocycles. The van der Waals surface area contributed by atoms with Gasteiger partial charge in [0, 0.05) is 31.9 Å². The summed E-state index contributed by atoms with van der Waals surface area (Å²) in [6.07, 6.45) is 2.35. The molecule has 1 fully saturated rings. The highest BCUT2D eigenvalue weighted by atomic mass is 19.4. The highest BCUT2D eigenvalue weighted by molar-refractivity contribution is 5.91. The Morgan fingerprint density at radius 1 is 1.04 bits per heavy atom. The second kappa shape index (κ2) is 13.4. The lowest BCUT2D eigenvalue weighted by Crippen LogP contribution is -2.51. The van der Waals surface area contributed by atoms with Crippen molar-refractivity contribution in [1.29, 1.82) is 0 Å². The topological polar surface area (TPSA) is 114 Å². The number of rotatable bonds is 6. The third-order valence-corrected chi connectivity index (χ3v) is 8.37. The van der Waals surface area contributed by atoms with Gasteiger partial charge in [0.2, 0.25) is 11.7 Å². The number of aryl methyl sites for hydroxylation is 1. The number of fused-ring (bicyclic) bond motifs is 1. The molecule has 0 spiro atoms. The van der Waals surface area contributed by atoms with E-state index in [1.165, 1.54) is 17.5 Å². The molecule has 2 amide bonds. The zero-order valence-corrected chi connectivity index (χ0v) is 27.5. The second-order valence-electron chi connectivity index (χ2n) is 13.0. The second-order valence-corrected chi connectivity index (χ2v) is 13.0. The number of benzene rings is 1. The van der Waals surface area contributed by atoms with E-state index in [9.17, 15) is 27.6 Å². The van der Waals surface area contributed by atoms with Crippen LogP contribution in [0.2, 0.25) is 0 Å². The predicted octanol–water partition coefficient (Wildman–Crippen LogP) is 5.82. The first-order valence-corrected chi connectivity index (χ1v) is 16.1. The first kappa shape index (κ1) is 34.0. The zero-order chi connectivity index (χ0) is 34.1. The van der Waals surface area contributed by atoms with Crippen molar-refractivity contribution in [3.05, 3.63) is 57.3 Å². The average Bonchev–Trinajstić information content (AvgIpc) is 3.26. The molecule has 254 valence electrons. The lowest BCUT2D eigenvalue weighted by Gasteiger charge is -2.37. The quantitative estimate of drug-likeness (QED) is 0.355. The Balaban J connectivity index is 1.52. The number of anilines is 2. The molecule has 11 nitrogen and oxygen atoms in total. The molecule has 0 unspecified atom stereocenters. The van der Waals surface area contributed by atoms with Crippen molar-refractivity contribution >= 4 is 34.7 Å². The Morgan fingerprint density at radius 3 is 2.40 bits per heavy atom. The molecule has 47 heavy (non-hydrogen) atoms. The number of alkyl halides is 3. The van der Waals surface area contributed by atoms with E-state index in [1.807, 2.05) is 11.8 Å². The van der Waals surface area contributed by atoms with Gasteiger partial charge in [-0.1, -0.05) is 19.4 Å². The van der Waals surface area contributed by atoms with Crippen LogP contribution in [0.25, 0.3) is 11.4 Å². The van der Waals surface area contributed by atoms with Crippen LogP contribution in [0.3, 0.4) is 0 Å². The smallest absolute Gasteiger partial charge is 0.416 e. The number of carbonyl (C=O) groups is 2. The van der Waals surface area contributed by atoms with Gasteiger partial charge in [0.25, 0.3) is 5.56 Å². The van der Waals surface area contributed by atoms with Crippen LogP contribution in [0.4, 0.5) is 29.3 Å². The van der Waals surface area contributed by atoms with Gasteiger partial charge in [-0.15, -0.1) is 5.10 Å². The molecular weight excluding hydrogens is 615 g/mol. The van der Waals surface area contributed by atoms with E-state index in [0.717, 1.165) is 49.8 Å². The van der Waals surface area contributed by atoms with Gasteiger partial charge < -0.3 is 24.4 Å². The number of halogens is 3. The maximum absolute atomic E-state index is 14.1. The number of ether oxygens (including phenoxy) is 1. The fourth-order valence-corrected chi connectivity index (χ4v) is 6.04. The van der Waals surface area contributed by atoms with E-state index in [4.69, 9.17) is 9.72 Å². The fourth-order valence-electron chi connectivity index (χ4n) is 6.04. The van der Waals surface area contributed by atoms with Crippen LogP contribution in [0.5, 0.6) is 0 Å². The van der Waals surface area contributed by atoms with Crippen LogP contribution in [0.15, 0.2) is 29.1 Å². The van der Waals surface area contributed by atoms with Crippen molar-refractivity contribution in [2.75, 3.05) is 36.4 Å². The Hall–Kier alpha value is -4.36. The van der Waals surface area contributed by atoms with Crippen LogP contribution in [-0.4, -0.2) is 67.8 Å². The zero-order valence-electron chi connectivity index (χ0n) is 27.5. The van der Waals surface area contributed by atoms with E-state index >= 15 is 0 Å². The molecule has 0 saturated carbocycles. The summed E-state index contributed by atoms with van der Waals surface area (Å²) in [6.45, 7) is 9.92. The maximum atomic E-state index is 14.1. The van der Waals surface area contributed by atoms with Crippen molar-refractivity contribution in [2.45, 2.75) is 91.5 Å². The Bertz CT molecular complexity index is 1750. The van der Waals surface area contributed by atoms with E-state index in [0.29, 0.717) is 49.8 Å². The van der Waals surface area contributed by atoms with Crippen molar-refractivity contribution in [2.24, 2.45) is 0 Å². The van der Waals surface area contributed by atoms with E-state index in [1.54, 1.807) is 30.2 Å². The van der Waals surface area contributed by atoms with Crippen LogP contribution < -0.4 is 15.8 Å². The first-order chi connectivity index (χ1) is 22.2. The molecule has 0 radical (unpaired) electrons. The van der Waals surface area contributed by atoms with E-state index in [-0.39, 0.29) is 29.1 Å². The van der Waals surface area contributed by atoms with Gasteiger partial charge in [0.1, 0.15) is 17.8 Å². The largest absolute Gasteiger partial charge is 0.444 e. The molecule has 1 saturated heterocycles. The number of aromatic nitrogens is 4. The van der Waals surface area contributed by atoms with Gasteiger partial charge in [-0.05, 0) is 89.1 Å². The molecule has 5 rings (SSSR count). The number of nitrogens with zero attached hydrogens (tertiary/aromatic N) is 6. The standard InChI is InChI=1S/C33H42F3N7O4/c1-6-25-27(40-15-17-41(18-16-40)31(46)47-32(3,4)5)29(45)43-30(38-28(39-43)22-11-9-7-8-10-12-22)42(25)20-26(44)37-24-14-13-23(19-21(24)2)33(34,35)36/h11,13-14,19H,6-10,12,15-18,20H2,1-5H3,(H,37,44). The minimum Gasteiger partial charge on any atom is -0.444 e. The fraction of sp³-hybridized carbons (Fsp3) is 0.545. The molecule has 3 aromatic rings.